The summed E-state index contributed by atoms with van der Waals surface area (Å²) in [6.45, 7) is 3.97. The third-order valence-electron chi connectivity index (χ3n) is 2.27. The molecule has 0 amide bonds. The Morgan fingerprint density at radius 2 is 2.31 bits per heavy atom. The molecule has 0 spiro atoms. The molecule has 0 aliphatic heterocycles. The number of carbonyl (C=O) groups excluding carboxylic acids is 1. The van der Waals surface area contributed by atoms with Crippen molar-refractivity contribution in [3.8, 4) is 0 Å². The third kappa shape index (κ3) is 3.05. The summed E-state index contributed by atoms with van der Waals surface area (Å²) in [5.74, 6) is 2.11. The van der Waals surface area contributed by atoms with E-state index >= 15 is 0 Å². The van der Waals surface area contributed by atoms with Crippen molar-refractivity contribution in [1.29, 1.82) is 0 Å². The fourth-order valence-electron chi connectivity index (χ4n) is 1.32. The Morgan fingerprint density at radius 1 is 1.54 bits per heavy atom. The highest BCUT2D eigenvalue weighted by Gasteiger charge is 2.06. The SMILES string of the molecule is CCC(C=O)CCc1ccc(C)o1. The molecule has 1 unspecified atom stereocenters. The van der Waals surface area contributed by atoms with Gasteiger partial charge in [-0.15, -0.1) is 0 Å². The lowest BCUT2D eigenvalue weighted by molar-refractivity contribution is -0.111. The maximum atomic E-state index is 10.5. The highest BCUT2D eigenvalue weighted by atomic mass is 16.3. The molecular formula is C11H16O2. The number of hydrogen-bond donors (Lipinski definition) is 0. The summed E-state index contributed by atoms with van der Waals surface area (Å²) in [4.78, 5) is 10.5. The van der Waals surface area contributed by atoms with Crippen molar-refractivity contribution >= 4 is 6.29 Å². The van der Waals surface area contributed by atoms with Crippen LogP contribution in [0.2, 0.25) is 0 Å². The third-order valence-corrected chi connectivity index (χ3v) is 2.27. The monoisotopic (exact) mass is 180 g/mol. The molecule has 2 heteroatoms. The molecule has 0 saturated carbocycles. The van der Waals surface area contributed by atoms with E-state index in [0.29, 0.717) is 0 Å². The van der Waals surface area contributed by atoms with Gasteiger partial charge in [-0.3, -0.25) is 0 Å². The smallest absolute Gasteiger partial charge is 0.123 e. The number of aldehydes is 1. The summed E-state index contributed by atoms with van der Waals surface area (Å²) in [5.41, 5.74) is 0. The van der Waals surface area contributed by atoms with Crippen LogP contribution in [0.5, 0.6) is 0 Å². The van der Waals surface area contributed by atoms with Gasteiger partial charge in [0.05, 0.1) is 0 Å². The molecule has 0 aromatic carbocycles. The van der Waals surface area contributed by atoms with Crippen LogP contribution in [0.15, 0.2) is 16.5 Å². The fourth-order valence-corrected chi connectivity index (χ4v) is 1.32. The van der Waals surface area contributed by atoms with Crippen molar-refractivity contribution < 1.29 is 9.21 Å². The van der Waals surface area contributed by atoms with Crippen molar-refractivity contribution in [3.63, 3.8) is 0 Å². The molecule has 1 atom stereocenters. The Morgan fingerprint density at radius 3 is 2.77 bits per heavy atom. The normalized spacial score (nSPS) is 12.8. The van der Waals surface area contributed by atoms with Gasteiger partial charge in [0, 0.05) is 12.3 Å². The first kappa shape index (κ1) is 10.0. The minimum atomic E-state index is 0.186. The topological polar surface area (TPSA) is 30.2 Å². The molecule has 1 aromatic rings. The highest BCUT2D eigenvalue weighted by Crippen LogP contribution is 2.13. The van der Waals surface area contributed by atoms with Crippen LogP contribution in [0.4, 0.5) is 0 Å². The first-order valence-corrected chi connectivity index (χ1v) is 4.77. The van der Waals surface area contributed by atoms with E-state index in [4.69, 9.17) is 4.42 Å². The van der Waals surface area contributed by atoms with E-state index in [1.807, 2.05) is 26.0 Å². The number of hydrogen-bond acceptors (Lipinski definition) is 2. The molecule has 72 valence electrons. The zero-order chi connectivity index (χ0) is 9.68. The maximum Gasteiger partial charge on any atom is 0.123 e. The summed E-state index contributed by atoms with van der Waals surface area (Å²) in [6.07, 6.45) is 3.72. The minimum Gasteiger partial charge on any atom is -0.466 e. The molecule has 0 N–H and O–H groups in total. The molecular weight excluding hydrogens is 164 g/mol. The summed E-state index contributed by atoms with van der Waals surface area (Å²) in [7, 11) is 0. The van der Waals surface area contributed by atoms with Crippen molar-refractivity contribution in [2.75, 3.05) is 0 Å². The number of aryl methyl sites for hydroxylation is 2. The first-order valence-electron chi connectivity index (χ1n) is 4.77. The molecule has 0 bridgehead atoms. The summed E-state index contributed by atoms with van der Waals surface area (Å²) < 4.78 is 5.41. The molecule has 2 nitrogen and oxygen atoms in total. The molecule has 0 saturated heterocycles. The number of carbonyl (C=O) groups is 1. The maximum absolute atomic E-state index is 10.5. The second-order valence-corrected chi connectivity index (χ2v) is 3.36. The zero-order valence-electron chi connectivity index (χ0n) is 8.25. The Hall–Kier alpha value is -1.05. The van der Waals surface area contributed by atoms with E-state index < -0.39 is 0 Å². The Kier molecular flexibility index (Phi) is 3.74. The largest absolute Gasteiger partial charge is 0.466 e. The molecule has 0 fully saturated rings. The Balaban J connectivity index is 2.37. The summed E-state index contributed by atoms with van der Waals surface area (Å²) >= 11 is 0. The Bertz CT molecular complexity index is 263. The van der Waals surface area contributed by atoms with Crippen molar-refractivity contribution in [2.24, 2.45) is 5.92 Å². The van der Waals surface area contributed by atoms with E-state index in [0.717, 1.165) is 37.1 Å². The predicted molar refractivity (Wildman–Crippen MR) is 51.6 cm³/mol. The lowest BCUT2D eigenvalue weighted by Gasteiger charge is -2.04. The average molecular weight is 180 g/mol. The molecule has 1 rings (SSSR count). The second-order valence-electron chi connectivity index (χ2n) is 3.36. The van der Waals surface area contributed by atoms with Crippen molar-refractivity contribution in [3.05, 3.63) is 23.7 Å². The fraction of sp³-hybridized carbons (Fsp3) is 0.545. The molecule has 0 radical (unpaired) electrons. The predicted octanol–water partition coefficient (Wildman–Crippen LogP) is 2.75. The van der Waals surface area contributed by atoms with Crippen LogP contribution >= 0.6 is 0 Å². The van der Waals surface area contributed by atoms with Gasteiger partial charge in [0.2, 0.25) is 0 Å². The van der Waals surface area contributed by atoms with E-state index in [9.17, 15) is 4.79 Å². The van der Waals surface area contributed by atoms with Crippen LogP contribution in [-0.4, -0.2) is 6.29 Å². The van der Waals surface area contributed by atoms with Gasteiger partial charge in [-0.05, 0) is 31.9 Å². The van der Waals surface area contributed by atoms with Gasteiger partial charge < -0.3 is 9.21 Å². The molecule has 0 aliphatic rings. The molecule has 1 heterocycles. The quantitative estimate of drug-likeness (QED) is 0.652. The second kappa shape index (κ2) is 4.85. The summed E-state index contributed by atoms with van der Waals surface area (Å²) in [6, 6.07) is 3.93. The van der Waals surface area contributed by atoms with Gasteiger partial charge in [-0.1, -0.05) is 6.92 Å². The van der Waals surface area contributed by atoms with E-state index in [1.54, 1.807) is 0 Å². The van der Waals surface area contributed by atoms with Gasteiger partial charge in [0.1, 0.15) is 17.8 Å². The van der Waals surface area contributed by atoms with E-state index in [2.05, 4.69) is 0 Å². The first-order chi connectivity index (χ1) is 6.26. The van der Waals surface area contributed by atoms with E-state index in [-0.39, 0.29) is 5.92 Å². The summed E-state index contributed by atoms with van der Waals surface area (Å²) in [5, 5.41) is 0. The zero-order valence-corrected chi connectivity index (χ0v) is 8.25. The van der Waals surface area contributed by atoms with Crippen molar-refractivity contribution in [1.82, 2.24) is 0 Å². The van der Waals surface area contributed by atoms with Gasteiger partial charge in [0.15, 0.2) is 0 Å². The van der Waals surface area contributed by atoms with Crippen LogP contribution in [0.1, 0.15) is 31.3 Å². The van der Waals surface area contributed by atoms with Gasteiger partial charge in [0.25, 0.3) is 0 Å². The van der Waals surface area contributed by atoms with Crippen LogP contribution in [0.3, 0.4) is 0 Å². The van der Waals surface area contributed by atoms with Gasteiger partial charge in [-0.2, -0.15) is 0 Å². The van der Waals surface area contributed by atoms with Crippen LogP contribution in [0, 0.1) is 12.8 Å². The van der Waals surface area contributed by atoms with Crippen LogP contribution in [-0.2, 0) is 11.2 Å². The number of rotatable bonds is 5. The van der Waals surface area contributed by atoms with Gasteiger partial charge in [-0.25, -0.2) is 0 Å². The average Bonchev–Trinajstić information content (AvgIpc) is 2.53. The molecule has 0 aliphatic carbocycles. The van der Waals surface area contributed by atoms with Crippen LogP contribution in [0.25, 0.3) is 0 Å². The molecule has 1 aromatic heterocycles. The highest BCUT2D eigenvalue weighted by molar-refractivity contribution is 5.53. The van der Waals surface area contributed by atoms with Crippen molar-refractivity contribution in [2.45, 2.75) is 33.1 Å². The standard InChI is InChI=1S/C11H16O2/c1-3-10(8-12)5-7-11-6-4-9(2)13-11/h4,6,8,10H,3,5,7H2,1-2H3. The van der Waals surface area contributed by atoms with Gasteiger partial charge >= 0.3 is 0 Å². The minimum absolute atomic E-state index is 0.186. The van der Waals surface area contributed by atoms with Crippen LogP contribution < -0.4 is 0 Å². The Labute approximate surface area is 78.9 Å². The lowest BCUT2D eigenvalue weighted by atomic mass is 10.0. The van der Waals surface area contributed by atoms with E-state index in [1.165, 1.54) is 0 Å². The molecule has 13 heavy (non-hydrogen) atoms. The lowest BCUT2D eigenvalue weighted by Crippen LogP contribution is -2.01. The number of furan rings is 1.